The quantitative estimate of drug-likeness (QED) is 0.723. The minimum Gasteiger partial charge on any atom is -0.469 e. The minimum absolute atomic E-state index is 0.124. The number of Topliss-reactive ketones (excluding diaryl/α,β-unsaturated/α-hetero) is 1. The van der Waals surface area contributed by atoms with Crippen LogP contribution in [0.5, 0.6) is 0 Å². The second-order valence-electron chi connectivity index (χ2n) is 4.37. The van der Waals surface area contributed by atoms with Gasteiger partial charge < -0.3 is 4.74 Å². The lowest BCUT2D eigenvalue weighted by Gasteiger charge is -2.15. The lowest BCUT2D eigenvalue weighted by molar-refractivity contribution is -0.147. The number of carbonyl (C=O) groups is 2. The molecule has 0 aliphatic rings. The van der Waals surface area contributed by atoms with E-state index in [9.17, 15) is 9.59 Å². The van der Waals surface area contributed by atoms with Gasteiger partial charge in [-0.1, -0.05) is 37.3 Å². The third-order valence-electron chi connectivity index (χ3n) is 2.81. The van der Waals surface area contributed by atoms with E-state index in [2.05, 4.69) is 0 Å². The summed E-state index contributed by atoms with van der Waals surface area (Å²) in [7, 11) is 1.33. The van der Waals surface area contributed by atoms with E-state index in [1.54, 1.807) is 6.92 Å². The molecule has 18 heavy (non-hydrogen) atoms. The minimum atomic E-state index is -0.548. The monoisotopic (exact) mass is 246 g/mol. The van der Waals surface area contributed by atoms with Crippen LogP contribution in [-0.2, 0) is 20.7 Å². The lowest BCUT2D eigenvalue weighted by Crippen LogP contribution is -2.24. The van der Waals surface area contributed by atoms with Crippen LogP contribution in [0.2, 0.25) is 0 Å². The van der Waals surface area contributed by atoms with E-state index in [4.69, 9.17) is 11.7 Å². The first-order chi connectivity index (χ1) is 8.54. The molecular weight excluding hydrogens is 228 g/mol. The maximum Gasteiger partial charge on any atom is 0.309 e. The summed E-state index contributed by atoms with van der Waals surface area (Å²) in [5.74, 6) is -1.50. The van der Waals surface area contributed by atoms with E-state index >= 15 is 0 Å². The van der Waals surface area contributed by atoms with E-state index in [0.717, 1.165) is 5.56 Å². The molecule has 0 bridgehead atoms. The Hall–Kier alpha value is -1.64. The average molecular weight is 246 g/mol. The van der Waals surface area contributed by atoms with Gasteiger partial charge in [0.1, 0.15) is 5.78 Å². The predicted octanol–water partition coefficient (Wildman–Crippen LogP) is 2.32. The number of methoxy groups -OCH3 is 1. The third kappa shape index (κ3) is 4.32. The van der Waals surface area contributed by atoms with Crippen LogP contribution in [0.3, 0.4) is 0 Å². The van der Waals surface area contributed by atoms with Crippen molar-refractivity contribution < 1.29 is 14.3 Å². The first-order valence-electron chi connectivity index (χ1n) is 5.94. The highest BCUT2D eigenvalue weighted by atomic mass is 16.5. The Labute approximate surface area is 108 Å². The van der Waals surface area contributed by atoms with Gasteiger partial charge in [-0.25, -0.2) is 0 Å². The molecule has 1 aromatic carbocycles. The van der Waals surface area contributed by atoms with Crippen LogP contribution in [0.4, 0.5) is 0 Å². The molecule has 0 amide bonds. The van der Waals surface area contributed by atoms with E-state index in [1.165, 1.54) is 7.11 Å². The number of benzene rings is 1. The summed E-state index contributed by atoms with van der Waals surface area (Å²) < 4.78 is 4.73. The van der Waals surface area contributed by atoms with Crippen molar-refractivity contribution in [2.45, 2.75) is 19.8 Å². The van der Waals surface area contributed by atoms with Gasteiger partial charge in [0.05, 0.1) is 13.0 Å². The summed E-state index contributed by atoms with van der Waals surface area (Å²) in [5, 5.41) is 0. The molecule has 0 saturated heterocycles. The van der Waals surface area contributed by atoms with E-state index < -0.39 is 11.8 Å². The topological polar surface area (TPSA) is 43.4 Å². The number of ketones is 1. The van der Waals surface area contributed by atoms with Crippen LogP contribution in [0, 0.1) is 18.8 Å². The van der Waals surface area contributed by atoms with Gasteiger partial charge in [-0.3, -0.25) is 9.59 Å². The van der Waals surface area contributed by atoms with Crippen LogP contribution < -0.4 is 0 Å². The molecule has 2 radical (unpaired) electrons. The van der Waals surface area contributed by atoms with Crippen LogP contribution >= 0.6 is 0 Å². The average Bonchev–Trinajstić information content (AvgIpc) is 2.38. The highest BCUT2D eigenvalue weighted by Gasteiger charge is 2.24. The Morgan fingerprint density at radius 2 is 1.89 bits per heavy atom. The normalized spacial score (nSPS) is 12.2. The third-order valence-corrected chi connectivity index (χ3v) is 2.81. The van der Waals surface area contributed by atoms with Crippen LogP contribution in [0.15, 0.2) is 30.3 Å². The predicted molar refractivity (Wildman–Crippen MR) is 68.7 cm³/mol. The van der Waals surface area contributed by atoms with Gasteiger partial charge in [-0.15, -0.1) is 0 Å². The number of carbonyl (C=O) groups excluding carboxylic acids is 2. The summed E-state index contributed by atoms with van der Waals surface area (Å²) in [6.45, 7) is 7.14. The van der Waals surface area contributed by atoms with Crippen molar-refractivity contribution in [3.63, 3.8) is 0 Å². The molecule has 96 valence electrons. The second kappa shape index (κ2) is 6.94. The van der Waals surface area contributed by atoms with Gasteiger partial charge in [0.25, 0.3) is 0 Å². The number of ether oxygens (including phenoxy) is 1. The van der Waals surface area contributed by atoms with Crippen molar-refractivity contribution in [2.24, 2.45) is 11.8 Å². The highest BCUT2D eigenvalue weighted by Crippen LogP contribution is 2.16. The molecule has 0 fully saturated rings. The molecular formula is C15H18O3. The summed E-state index contributed by atoms with van der Waals surface area (Å²) in [5.41, 5.74) is 1.00. The molecule has 0 heterocycles. The smallest absolute Gasteiger partial charge is 0.309 e. The summed E-state index contributed by atoms with van der Waals surface area (Å²) in [6, 6.07) is 9.55. The molecule has 0 aliphatic carbocycles. The van der Waals surface area contributed by atoms with Gasteiger partial charge in [0.2, 0.25) is 0 Å². The maximum atomic E-state index is 11.7. The van der Waals surface area contributed by atoms with Gasteiger partial charge in [-0.2, -0.15) is 0 Å². The Kier molecular flexibility index (Phi) is 5.56. The molecule has 0 aromatic heterocycles. The standard InChI is InChI=1S/C15H18O3/c1-11(2)14(16)10-13(15(17)18-3)9-12-7-5-4-6-8-12/h1,4-8,11,13H,9-10H2,2-3H3/t11-,13-/m1/s1. The Bertz CT molecular complexity index is 395. The number of hydrogen-bond donors (Lipinski definition) is 0. The summed E-state index contributed by atoms with van der Waals surface area (Å²) in [6.07, 6.45) is 0.616. The molecule has 3 heteroatoms. The van der Waals surface area contributed by atoms with Gasteiger partial charge in [0, 0.05) is 12.3 Å². The largest absolute Gasteiger partial charge is 0.469 e. The van der Waals surface area contributed by atoms with Gasteiger partial charge in [-0.05, 0) is 18.9 Å². The van der Waals surface area contributed by atoms with E-state index in [1.807, 2.05) is 30.3 Å². The van der Waals surface area contributed by atoms with Crippen molar-refractivity contribution in [2.75, 3.05) is 7.11 Å². The molecule has 1 rings (SSSR count). The fourth-order valence-corrected chi connectivity index (χ4v) is 1.73. The molecule has 0 aliphatic heterocycles. The SMILES string of the molecule is [CH][C@H](C)C(=O)C[C@@H](Cc1ccccc1)C(=O)OC. The molecule has 2 atom stereocenters. The number of esters is 1. The number of rotatable bonds is 6. The molecule has 0 unspecified atom stereocenters. The molecule has 0 N–H and O–H groups in total. The van der Waals surface area contributed by atoms with Crippen molar-refractivity contribution in [3.8, 4) is 0 Å². The van der Waals surface area contributed by atoms with Crippen molar-refractivity contribution in [3.05, 3.63) is 42.8 Å². The summed E-state index contributed by atoms with van der Waals surface area (Å²) in [4.78, 5) is 23.3. The fraction of sp³-hybridized carbons (Fsp3) is 0.400. The zero-order chi connectivity index (χ0) is 13.5. The Morgan fingerprint density at radius 1 is 1.28 bits per heavy atom. The Balaban J connectivity index is 2.73. The van der Waals surface area contributed by atoms with Crippen molar-refractivity contribution in [1.29, 1.82) is 0 Å². The van der Waals surface area contributed by atoms with Gasteiger partial charge in [0.15, 0.2) is 0 Å². The fourth-order valence-electron chi connectivity index (χ4n) is 1.73. The summed E-state index contributed by atoms with van der Waals surface area (Å²) >= 11 is 0. The maximum absolute atomic E-state index is 11.7. The van der Waals surface area contributed by atoms with E-state index in [-0.39, 0.29) is 18.2 Å². The Morgan fingerprint density at radius 3 is 2.39 bits per heavy atom. The zero-order valence-electron chi connectivity index (χ0n) is 10.8. The first kappa shape index (κ1) is 14.4. The van der Waals surface area contributed by atoms with Crippen LogP contribution in [0.25, 0.3) is 0 Å². The van der Waals surface area contributed by atoms with Crippen LogP contribution in [-0.4, -0.2) is 18.9 Å². The van der Waals surface area contributed by atoms with Gasteiger partial charge >= 0.3 is 5.97 Å². The van der Waals surface area contributed by atoms with Crippen molar-refractivity contribution >= 4 is 11.8 Å². The molecule has 0 saturated carbocycles. The molecule has 0 spiro atoms. The molecule has 3 nitrogen and oxygen atoms in total. The van der Waals surface area contributed by atoms with Crippen molar-refractivity contribution in [1.82, 2.24) is 0 Å². The first-order valence-corrected chi connectivity index (χ1v) is 5.94. The zero-order valence-corrected chi connectivity index (χ0v) is 10.8. The molecule has 1 aromatic rings. The lowest BCUT2D eigenvalue weighted by atomic mass is 9.91. The van der Waals surface area contributed by atoms with Crippen LogP contribution in [0.1, 0.15) is 18.9 Å². The number of hydrogen-bond acceptors (Lipinski definition) is 3. The highest BCUT2D eigenvalue weighted by molar-refractivity contribution is 5.86. The second-order valence-corrected chi connectivity index (χ2v) is 4.37. The van der Waals surface area contributed by atoms with E-state index in [0.29, 0.717) is 6.42 Å².